The molecule has 2 fully saturated rings. The second kappa shape index (κ2) is 6.84. The van der Waals surface area contributed by atoms with Crippen LogP contribution in [0.3, 0.4) is 0 Å². The fraction of sp³-hybridized carbons (Fsp3) is 0.467. The number of hydrogen-bond donors (Lipinski definition) is 2. The molecule has 2 atom stereocenters. The summed E-state index contributed by atoms with van der Waals surface area (Å²) in [7, 11) is 1.66. The number of piperidine rings is 1. The maximum atomic E-state index is 12.6. The molecular formula is C15H21N5O3. The van der Waals surface area contributed by atoms with Gasteiger partial charge in [-0.25, -0.2) is 4.79 Å². The second-order valence-electron chi connectivity index (χ2n) is 5.56. The highest BCUT2D eigenvalue weighted by atomic mass is 16.7. The number of rotatable bonds is 5. The van der Waals surface area contributed by atoms with Crippen LogP contribution in [0.15, 0.2) is 35.4 Å². The number of nitrogens with two attached hydrogens (primary N) is 1. The SMILES string of the molecule is CN/N=C(\ON)[C@@H]1CC[C@H]2CN1C(=O)N2OCc1ccccc1. The van der Waals surface area contributed by atoms with Gasteiger partial charge in [-0.2, -0.15) is 11.0 Å². The lowest BCUT2D eigenvalue weighted by atomic mass is 10.0. The summed E-state index contributed by atoms with van der Waals surface area (Å²) in [5.41, 5.74) is 3.67. The van der Waals surface area contributed by atoms with Crippen LogP contribution in [-0.4, -0.2) is 47.6 Å². The minimum Gasteiger partial charge on any atom is -0.392 e. The molecule has 0 spiro atoms. The average Bonchev–Trinajstić information content (AvgIpc) is 2.83. The zero-order valence-corrected chi connectivity index (χ0v) is 13.0. The lowest BCUT2D eigenvalue weighted by molar-refractivity contribution is -0.140. The van der Waals surface area contributed by atoms with Crippen molar-refractivity contribution < 1.29 is 14.5 Å². The van der Waals surface area contributed by atoms with E-state index in [4.69, 9.17) is 15.6 Å². The Balaban J connectivity index is 1.67. The number of hydrogen-bond acceptors (Lipinski definition) is 6. The Morgan fingerprint density at radius 2 is 2.17 bits per heavy atom. The first kappa shape index (κ1) is 15.6. The minimum atomic E-state index is -0.262. The van der Waals surface area contributed by atoms with E-state index < -0.39 is 0 Å². The highest BCUT2D eigenvalue weighted by Crippen LogP contribution is 2.31. The van der Waals surface area contributed by atoms with Gasteiger partial charge in [0.15, 0.2) is 0 Å². The lowest BCUT2D eigenvalue weighted by Crippen LogP contribution is -2.47. The first-order chi connectivity index (χ1) is 11.2. The molecule has 1 aromatic rings. The molecule has 0 aromatic heterocycles. The van der Waals surface area contributed by atoms with E-state index in [0.717, 1.165) is 18.4 Å². The van der Waals surface area contributed by atoms with Gasteiger partial charge in [0.05, 0.1) is 6.04 Å². The third-order valence-corrected chi connectivity index (χ3v) is 4.16. The topological polar surface area (TPSA) is 92.4 Å². The van der Waals surface area contributed by atoms with Crippen molar-refractivity contribution in [2.75, 3.05) is 13.6 Å². The molecule has 1 aromatic carbocycles. The average molecular weight is 319 g/mol. The van der Waals surface area contributed by atoms with Crippen LogP contribution in [0.2, 0.25) is 0 Å². The molecule has 23 heavy (non-hydrogen) atoms. The van der Waals surface area contributed by atoms with Crippen LogP contribution in [0.25, 0.3) is 0 Å². The number of carbonyl (C=O) groups excluding carboxylic acids is 1. The Labute approximate surface area is 134 Å². The molecule has 2 heterocycles. The zero-order valence-electron chi connectivity index (χ0n) is 13.0. The van der Waals surface area contributed by atoms with Gasteiger partial charge in [-0.3, -0.25) is 4.84 Å². The Hall–Kier alpha value is -2.32. The van der Waals surface area contributed by atoms with Gasteiger partial charge in [0, 0.05) is 13.6 Å². The van der Waals surface area contributed by atoms with Crippen molar-refractivity contribution in [3.05, 3.63) is 35.9 Å². The Morgan fingerprint density at radius 3 is 2.87 bits per heavy atom. The van der Waals surface area contributed by atoms with E-state index in [9.17, 15) is 4.79 Å². The van der Waals surface area contributed by atoms with Crippen molar-refractivity contribution >= 4 is 11.9 Å². The number of hydrazone groups is 1. The fourth-order valence-corrected chi connectivity index (χ4v) is 3.06. The molecule has 0 unspecified atom stereocenters. The molecule has 3 N–H and O–H groups in total. The summed E-state index contributed by atoms with van der Waals surface area (Å²) in [4.78, 5) is 24.9. The van der Waals surface area contributed by atoms with Crippen molar-refractivity contribution in [2.45, 2.75) is 31.5 Å². The number of urea groups is 1. The lowest BCUT2D eigenvalue weighted by Gasteiger charge is -2.29. The standard InChI is InChI=1S/C15H21N5O3/c1-17-18-14(23-16)13-8-7-12-9-19(13)15(21)20(12)22-10-11-5-3-2-4-6-11/h2-6,12-13,17H,7-10,16H2,1H3/b18-14-/t12-,13-/m0/s1. The zero-order chi connectivity index (χ0) is 16.2. The van der Waals surface area contributed by atoms with E-state index in [-0.39, 0.29) is 18.1 Å². The first-order valence-corrected chi connectivity index (χ1v) is 7.62. The van der Waals surface area contributed by atoms with E-state index in [2.05, 4.69) is 10.5 Å². The highest BCUT2D eigenvalue weighted by Gasteiger charge is 2.47. The molecule has 124 valence electrons. The maximum Gasteiger partial charge on any atom is 0.345 e. The molecule has 0 radical (unpaired) electrons. The number of nitrogens with one attached hydrogen (secondary N) is 1. The van der Waals surface area contributed by atoms with Crippen LogP contribution >= 0.6 is 0 Å². The number of benzene rings is 1. The molecule has 2 aliphatic rings. The monoisotopic (exact) mass is 319 g/mol. The van der Waals surface area contributed by atoms with Crippen molar-refractivity contribution in [3.8, 4) is 0 Å². The maximum absolute atomic E-state index is 12.6. The van der Waals surface area contributed by atoms with Gasteiger partial charge in [-0.15, -0.1) is 5.10 Å². The summed E-state index contributed by atoms with van der Waals surface area (Å²) in [5.74, 6) is 5.59. The molecule has 2 saturated heterocycles. The number of fused-ring (bicyclic) bond motifs is 2. The summed E-state index contributed by atoms with van der Waals surface area (Å²) in [6, 6.07) is 9.39. The van der Waals surface area contributed by atoms with Crippen molar-refractivity contribution in [1.82, 2.24) is 15.4 Å². The van der Waals surface area contributed by atoms with Gasteiger partial charge >= 0.3 is 6.03 Å². The van der Waals surface area contributed by atoms with Crippen LogP contribution in [0.5, 0.6) is 0 Å². The molecule has 0 aliphatic carbocycles. The normalized spacial score (nSPS) is 24.1. The number of nitrogens with zero attached hydrogens (tertiary/aromatic N) is 3. The van der Waals surface area contributed by atoms with E-state index in [0.29, 0.717) is 19.0 Å². The quantitative estimate of drug-likeness (QED) is 0.476. The molecule has 2 amide bonds. The smallest absolute Gasteiger partial charge is 0.345 e. The van der Waals surface area contributed by atoms with E-state index in [1.807, 2.05) is 30.3 Å². The van der Waals surface area contributed by atoms with Gasteiger partial charge < -0.3 is 15.2 Å². The van der Waals surface area contributed by atoms with Crippen molar-refractivity contribution in [3.63, 3.8) is 0 Å². The highest BCUT2D eigenvalue weighted by molar-refractivity contribution is 5.88. The second-order valence-corrected chi connectivity index (χ2v) is 5.56. The molecule has 3 rings (SSSR count). The van der Waals surface area contributed by atoms with Crippen LogP contribution < -0.4 is 11.3 Å². The van der Waals surface area contributed by atoms with Crippen LogP contribution in [-0.2, 0) is 16.3 Å². The predicted molar refractivity (Wildman–Crippen MR) is 83.7 cm³/mol. The summed E-state index contributed by atoms with van der Waals surface area (Å²) in [6.45, 7) is 0.955. The van der Waals surface area contributed by atoms with Crippen molar-refractivity contribution in [1.29, 1.82) is 0 Å². The van der Waals surface area contributed by atoms with Crippen molar-refractivity contribution in [2.24, 2.45) is 11.0 Å². The number of amides is 2. The van der Waals surface area contributed by atoms with Gasteiger partial charge in [-0.1, -0.05) is 30.3 Å². The third kappa shape index (κ3) is 3.08. The summed E-state index contributed by atoms with van der Waals surface area (Å²) in [6.07, 6.45) is 1.55. The molecule has 8 heteroatoms. The summed E-state index contributed by atoms with van der Waals surface area (Å²) < 4.78 is 0. The molecular weight excluding hydrogens is 298 g/mol. The molecule has 8 nitrogen and oxygen atoms in total. The van der Waals surface area contributed by atoms with Gasteiger partial charge in [-0.05, 0) is 18.4 Å². The Bertz CT molecular complexity index is 580. The van der Waals surface area contributed by atoms with Gasteiger partial charge in [0.1, 0.15) is 12.6 Å². The molecule has 2 bridgehead atoms. The van der Waals surface area contributed by atoms with E-state index in [1.54, 1.807) is 11.9 Å². The van der Waals surface area contributed by atoms with Crippen LogP contribution in [0.1, 0.15) is 18.4 Å². The number of hydroxylamine groups is 2. The van der Waals surface area contributed by atoms with E-state index in [1.165, 1.54) is 5.06 Å². The predicted octanol–water partition coefficient (Wildman–Crippen LogP) is 0.810. The summed E-state index contributed by atoms with van der Waals surface area (Å²) in [5, 5.41) is 5.48. The molecule has 0 saturated carbocycles. The fourth-order valence-electron chi connectivity index (χ4n) is 3.06. The van der Waals surface area contributed by atoms with Crippen LogP contribution in [0, 0.1) is 0 Å². The third-order valence-electron chi connectivity index (χ3n) is 4.16. The molecule has 2 aliphatic heterocycles. The van der Waals surface area contributed by atoms with Gasteiger partial charge in [0.2, 0.25) is 0 Å². The van der Waals surface area contributed by atoms with Gasteiger partial charge in [0.25, 0.3) is 5.90 Å². The minimum absolute atomic E-state index is 0.0519. The number of carbonyl (C=O) groups is 1. The summed E-state index contributed by atoms with van der Waals surface area (Å²) >= 11 is 0. The van der Waals surface area contributed by atoms with Crippen LogP contribution in [0.4, 0.5) is 4.79 Å². The Kier molecular flexibility index (Phi) is 4.63. The largest absolute Gasteiger partial charge is 0.392 e. The van der Waals surface area contributed by atoms with E-state index >= 15 is 0 Å². The Morgan fingerprint density at radius 1 is 1.39 bits per heavy atom. The first-order valence-electron chi connectivity index (χ1n) is 7.62.